The van der Waals surface area contributed by atoms with E-state index in [4.69, 9.17) is 0 Å². The first-order chi connectivity index (χ1) is 4.24. The first-order valence-corrected chi connectivity index (χ1v) is 4.15. The number of thiazole rings is 1. The van der Waals surface area contributed by atoms with Crippen molar-refractivity contribution in [3.63, 3.8) is 0 Å². The number of thiol groups is 1. The Kier molecular flexibility index (Phi) is 2.13. The van der Waals surface area contributed by atoms with Gasteiger partial charge in [-0.15, -0.1) is 24.0 Å². The minimum Gasteiger partial charge on any atom is -0.245 e. The summed E-state index contributed by atoms with van der Waals surface area (Å²) in [5.74, 6) is 0. The summed E-state index contributed by atoms with van der Waals surface area (Å²) in [4.78, 5) is 4.27. The highest BCUT2D eigenvalue weighted by Gasteiger charge is 1.99. The SMILES string of the molecule is CCc1nc(C)c(S)s1. The molecule has 0 aromatic carbocycles. The fourth-order valence-corrected chi connectivity index (χ4v) is 1.70. The van der Waals surface area contributed by atoms with Crippen molar-refractivity contribution in [2.24, 2.45) is 0 Å². The highest BCUT2D eigenvalue weighted by molar-refractivity contribution is 7.82. The van der Waals surface area contributed by atoms with Gasteiger partial charge in [-0.3, -0.25) is 0 Å². The standard InChI is InChI=1S/C6H9NS2/c1-3-5-7-4(2)6(8)9-5/h8H,3H2,1-2H3. The van der Waals surface area contributed by atoms with Gasteiger partial charge in [-0.25, -0.2) is 4.98 Å². The van der Waals surface area contributed by atoms with E-state index in [9.17, 15) is 0 Å². The van der Waals surface area contributed by atoms with Gasteiger partial charge in [0, 0.05) is 0 Å². The van der Waals surface area contributed by atoms with Crippen molar-refractivity contribution in [1.82, 2.24) is 4.98 Å². The van der Waals surface area contributed by atoms with Gasteiger partial charge in [0.1, 0.15) is 0 Å². The fraction of sp³-hybridized carbons (Fsp3) is 0.500. The van der Waals surface area contributed by atoms with E-state index < -0.39 is 0 Å². The Morgan fingerprint density at radius 2 is 2.33 bits per heavy atom. The molecule has 0 fully saturated rings. The smallest absolute Gasteiger partial charge is 0.0937 e. The molecule has 0 saturated carbocycles. The van der Waals surface area contributed by atoms with Gasteiger partial charge in [-0.1, -0.05) is 6.92 Å². The quantitative estimate of drug-likeness (QED) is 0.620. The minimum atomic E-state index is 1.02. The van der Waals surface area contributed by atoms with Crippen molar-refractivity contribution < 1.29 is 0 Å². The Hall–Kier alpha value is -0.0200. The van der Waals surface area contributed by atoms with Crippen LogP contribution in [0.1, 0.15) is 17.6 Å². The third kappa shape index (κ3) is 1.46. The van der Waals surface area contributed by atoms with Crippen LogP contribution in [0.2, 0.25) is 0 Å². The zero-order valence-electron chi connectivity index (χ0n) is 5.51. The van der Waals surface area contributed by atoms with Gasteiger partial charge in [0.25, 0.3) is 0 Å². The first-order valence-electron chi connectivity index (χ1n) is 2.89. The van der Waals surface area contributed by atoms with Crippen LogP contribution in [-0.2, 0) is 6.42 Å². The number of aryl methyl sites for hydroxylation is 2. The Bertz CT molecular complexity index is 185. The Balaban J connectivity index is 2.98. The maximum Gasteiger partial charge on any atom is 0.0937 e. The van der Waals surface area contributed by atoms with Crippen molar-refractivity contribution in [3.8, 4) is 0 Å². The zero-order chi connectivity index (χ0) is 6.85. The second-order valence-electron chi connectivity index (χ2n) is 1.85. The van der Waals surface area contributed by atoms with Crippen LogP contribution in [0, 0.1) is 6.92 Å². The monoisotopic (exact) mass is 159 g/mol. The van der Waals surface area contributed by atoms with Crippen LogP contribution in [0.5, 0.6) is 0 Å². The second-order valence-corrected chi connectivity index (χ2v) is 3.69. The number of aromatic nitrogens is 1. The summed E-state index contributed by atoms with van der Waals surface area (Å²) in [6.07, 6.45) is 1.02. The maximum absolute atomic E-state index is 4.27. The maximum atomic E-state index is 4.27. The molecule has 1 nitrogen and oxygen atoms in total. The summed E-state index contributed by atoms with van der Waals surface area (Å²) in [5, 5.41) is 1.18. The fourth-order valence-electron chi connectivity index (χ4n) is 0.594. The zero-order valence-corrected chi connectivity index (χ0v) is 7.22. The van der Waals surface area contributed by atoms with Gasteiger partial charge in [-0.05, 0) is 13.3 Å². The number of hydrogen-bond donors (Lipinski definition) is 1. The molecule has 0 atom stereocenters. The summed E-state index contributed by atoms with van der Waals surface area (Å²) in [6, 6.07) is 0. The molecule has 0 aliphatic rings. The average Bonchev–Trinajstić information content (AvgIpc) is 2.13. The number of hydrogen-bond acceptors (Lipinski definition) is 3. The van der Waals surface area contributed by atoms with Crippen LogP contribution < -0.4 is 0 Å². The molecule has 1 rings (SSSR count). The topological polar surface area (TPSA) is 12.9 Å². The average molecular weight is 159 g/mol. The van der Waals surface area contributed by atoms with E-state index in [0.29, 0.717) is 0 Å². The van der Waals surface area contributed by atoms with Crippen LogP contribution in [0.25, 0.3) is 0 Å². The van der Waals surface area contributed by atoms with E-state index >= 15 is 0 Å². The summed E-state index contributed by atoms with van der Waals surface area (Å²) in [7, 11) is 0. The van der Waals surface area contributed by atoms with Crippen LogP contribution in [0.3, 0.4) is 0 Å². The van der Waals surface area contributed by atoms with Gasteiger partial charge in [0.05, 0.1) is 14.9 Å². The van der Waals surface area contributed by atoms with E-state index in [0.717, 1.165) is 16.3 Å². The molecule has 9 heavy (non-hydrogen) atoms. The molecule has 0 unspecified atom stereocenters. The lowest BCUT2D eigenvalue weighted by atomic mass is 10.5. The Labute approximate surface area is 64.5 Å². The molecule has 0 N–H and O–H groups in total. The number of rotatable bonds is 1. The molecular weight excluding hydrogens is 150 g/mol. The molecule has 0 aliphatic heterocycles. The third-order valence-electron chi connectivity index (χ3n) is 1.12. The largest absolute Gasteiger partial charge is 0.245 e. The molecule has 1 heterocycles. The molecule has 1 aromatic heterocycles. The van der Waals surface area contributed by atoms with Crippen LogP contribution in [0.15, 0.2) is 4.21 Å². The molecule has 50 valence electrons. The molecule has 3 heteroatoms. The van der Waals surface area contributed by atoms with Crippen LogP contribution >= 0.6 is 24.0 Å². The molecule has 0 saturated heterocycles. The van der Waals surface area contributed by atoms with Gasteiger partial charge in [0.2, 0.25) is 0 Å². The molecule has 0 spiro atoms. The highest BCUT2D eigenvalue weighted by atomic mass is 32.2. The van der Waals surface area contributed by atoms with E-state index in [1.54, 1.807) is 11.3 Å². The predicted molar refractivity (Wildman–Crippen MR) is 43.5 cm³/mol. The summed E-state index contributed by atoms with van der Waals surface area (Å²) < 4.78 is 1.05. The van der Waals surface area contributed by atoms with Gasteiger partial charge in [-0.2, -0.15) is 0 Å². The van der Waals surface area contributed by atoms with Crippen molar-refractivity contribution in [2.45, 2.75) is 24.5 Å². The van der Waals surface area contributed by atoms with Crippen LogP contribution in [-0.4, -0.2) is 4.98 Å². The summed E-state index contributed by atoms with van der Waals surface area (Å²) in [5.41, 5.74) is 1.06. The Morgan fingerprint density at radius 1 is 1.67 bits per heavy atom. The minimum absolute atomic E-state index is 1.02. The van der Waals surface area contributed by atoms with E-state index in [-0.39, 0.29) is 0 Å². The number of nitrogens with zero attached hydrogens (tertiary/aromatic N) is 1. The summed E-state index contributed by atoms with van der Waals surface area (Å²) >= 11 is 5.90. The molecule has 0 amide bonds. The lowest BCUT2D eigenvalue weighted by Crippen LogP contribution is -1.75. The predicted octanol–water partition coefficient (Wildman–Crippen LogP) is 2.30. The summed E-state index contributed by atoms with van der Waals surface area (Å²) in [6.45, 7) is 4.09. The molecule has 1 aromatic rings. The Morgan fingerprint density at radius 3 is 2.56 bits per heavy atom. The molecular formula is C6H9NS2. The molecule has 0 radical (unpaired) electrons. The first kappa shape index (κ1) is 7.09. The van der Waals surface area contributed by atoms with E-state index in [2.05, 4.69) is 24.5 Å². The van der Waals surface area contributed by atoms with Crippen LogP contribution in [0.4, 0.5) is 0 Å². The normalized spacial score (nSPS) is 10.1. The molecule has 0 bridgehead atoms. The van der Waals surface area contributed by atoms with Crippen molar-refractivity contribution in [2.75, 3.05) is 0 Å². The van der Waals surface area contributed by atoms with E-state index in [1.807, 2.05) is 6.92 Å². The van der Waals surface area contributed by atoms with Gasteiger partial charge < -0.3 is 0 Å². The third-order valence-corrected chi connectivity index (χ3v) is 2.82. The molecule has 0 aliphatic carbocycles. The van der Waals surface area contributed by atoms with Crippen molar-refractivity contribution in [1.29, 1.82) is 0 Å². The van der Waals surface area contributed by atoms with Gasteiger partial charge >= 0.3 is 0 Å². The van der Waals surface area contributed by atoms with Gasteiger partial charge in [0.15, 0.2) is 0 Å². The lowest BCUT2D eigenvalue weighted by molar-refractivity contribution is 1.06. The van der Waals surface area contributed by atoms with Crippen molar-refractivity contribution in [3.05, 3.63) is 10.7 Å². The lowest BCUT2D eigenvalue weighted by Gasteiger charge is -1.79. The van der Waals surface area contributed by atoms with Crippen molar-refractivity contribution >= 4 is 24.0 Å². The van der Waals surface area contributed by atoms with E-state index in [1.165, 1.54) is 5.01 Å². The highest BCUT2D eigenvalue weighted by Crippen LogP contribution is 2.21. The second kappa shape index (κ2) is 2.71.